The van der Waals surface area contributed by atoms with Gasteiger partial charge in [-0.15, -0.1) is 11.3 Å². The molecular weight excluding hydrogens is 280 g/mol. The van der Waals surface area contributed by atoms with E-state index in [2.05, 4.69) is 51.2 Å². The lowest BCUT2D eigenvalue weighted by Crippen LogP contribution is -2.26. The first-order chi connectivity index (χ1) is 10.0. The van der Waals surface area contributed by atoms with Gasteiger partial charge in [0.2, 0.25) is 0 Å². The fourth-order valence-electron chi connectivity index (χ4n) is 2.41. The molecule has 1 atom stereocenters. The molecule has 21 heavy (non-hydrogen) atoms. The number of methoxy groups -OCH3 is 1. The molecule has 0 bridgehead atoms. The van der Waals surface area contributed by atoms with Gasteiger partial charge in [0.1, 0.15) is 5.01 Å². The number of rotatable bonds is 6. The van der Waals surface area contributed by atoms with Gasteiger partial charge in [-0.2, -0.15) is 0 Å². The molecule has 114 valence electrons. The van der Waals surface area contributed by atoms with Crippen LogP contribution >= 0.6 is 11.3 Å². The molecule has 0 aliphatic carbocycles. The van der Waals surface area contributed by atoms with Gasteiger partial charge in [0, 0.05) is 18.5 Å². The summed E-state index contributed by atoms with van der Waals surface area (Å²) in [6.45, 7) is 10.0. The molecule has 0 saturated heterocycles. The number of benzene rings is 1. The number of nitrogens with one attached hydrogen (secondary N) is 1. The number of hydrogen-bond acceptors (Lipinski definition) is 4. The van der Waals surface area contributed by atoms with Crippen LogP contribution in [0.1, 0.15) is 38.3 Å². The molecule has 1 aromatic carbocycles. The van der Waals surface area contributed by atoms with Crippen LogP contribution in [0.2, 0.25) is 0 Å². The van der Waals surface area contributed by atoms with Crippen LogP contribution < -0.4 is 5.32 Å². The highest BCUT2D eigenvalue weighted by atomic mass is 32.1. The van der Waals surface area contributed by atoms with Gasteiger partial charge >= 0.3 is 0 Å². The summed E-state index contributed by atoms with van der Waals surface area (Å²) < 4.78 is 5.16. The van der Waals surface area contributed by atoms with Gasteiger partial charge in [0.25, 0.3) is 0 Å². The first-order valence-electron chi connectivity index (χ1n) is 7.26. The molecule has 1 aromatic heterocycles. The van der Waals surface area contributed by atoms with Crippen molar-refractivity contribution in [1.82, 2.24) is 10.3 Å². The van der Waals surface area contributed by atoms with Crippen molar-refractivity contribution in [2.45, 2.75) is 33.7 Å². The van der Waals surface area contributed by atoms with E-state index in [1.807, 2.05) is 0 Å². The van der Waals surface area contributed by atoms with Crippen LogP contribution in [0.3, 0.4) is 0 Å². The number of nitrogens with zero attached hydrogens (tertiary/aromatic N) is 1. The Morgan fingerprint density at radius 2 is 2.00 bits per heavy atom. The Morgan fingerprint density at radius 1 is 1.24 bits per heavy atom. The smallest absolute Gasteiger partial charge is 0.115 e. The van der Waals surface area contributed by atoms with Crippen molar-refractivity contribution in [3.8, 4) is 0 Å². The minimum absolute atomic E-state index is 0.137. The average molecular weight is 304 g/mol. The molecule has 2 aromatic rings. The van der Waals surface area contributed by atoms with E-state index in [1.165, 1.54) is 21.6 Å². The molecule has 0 radical (unpaired) electrons. The number of aryl methyl sites for hydroxylation is 4. The zero-order valence-electron chi connectivity index (χ0n) is 13.5. The summed E-state index contributed by atoms with van der Waals surface area (Å²) in [5.74, 6) is 0. The molecular formula is C17H24N2OS. The summed E-state index contributed by atoms with van der Waals surface area (Å²) in [5, 5.41) is 4.71. The van der Waals surface area contributed by atoms with E-state index in [1.54, 1.807) is 18.4 Å². The van der Waals surface area contributed by atoms with Crippen LogP contribution in [0, 0.1) is 27.7 Å². The summed E-state index contributed by atoms with van der Waals surface area (Å²) in [4.78, 5) is 6.03. The molecule has 3 nitrogen and oxygen atoms in total. The van der Waals surface area contributed by atoms with Crippen LogP contribution in [0.4, 0.5) is 0 Å². The average Bonchev–Trinajstić information content (AvgIpc) is 2.76. The van der Waals surface area contributed by atoms with E-state index < -0.39 is 0 Å². The maximum absolute atomic E-state index is 5.16. The zero-order chi connectivity index (χ0) is 15.4. The van der Waals surface area contributed by atoms with Crippen molar-refractivity contribution in [3.63, 3.8) is 0 Å². The normalized spacial score (nSPS) is 12.6. The summed E-state index contributed by atoms with van der Waals surface area (Å²) >= 11 is 1.77. The minimum atomic E-state index is 0.137. The van der Waals surface area contributed by atoms with Crippen molar-refractivity contribution < 1.29 is 4.74 Å². The van der Waals surface area contributed by atoms with Crippen LogP contribution in [0.25, 0.3) is 0 Å². The lowest BCUT2D eigenvalue weighted by molar-refractivity contribution is 0.197. The van der Waals surface area contributed by atoms with Gasteiger partial charge < -0.3 is 10.1 Å². The Kier molecular flexibility index (Phi) is 5.51. The molecule has 1 N–H and O–H groups in total. The Morgan fingerprint density at radius 3 is 2.57 bits per heavy atom. The SMILES string of the molecule is COCCNC(c1nc(C)c(C)s1)c1ccc(C)cc1C. The standard InChI is InChI=1S/C17H24N2OS/c1-11-6-7-15(12(2)10-11)16(18-8-9-20-5)17-19-13(3)14(4)21-17/h6-7,10,16,18H,8-9H2,1-5H3. The first kappa shape index (κ1) is 16.1. The van der Waals surface area contributed by atoms with Gasteiger partial charge in [0.05, 0.1) is 18.3 Å². The summed E-state index contributed by atoms with van der Waals surface area (Å²) in [6, 6.07) is 6.74. The lowest BCUT2D eigenvalue weighted by atomic mass is 9.99. The van der Waals surface area contributed by atoms with Crippen molar-refractivity contribution in [1.29, 1.82) is 0 Å². The van der Waals surface area contributed by atoms with Crippen LogP contribution in [0.5, 0.6) is 0 Å². The predicted octanol–water partition coefficient (Wildman–Crippen LogP) is 3.70. The van der Waals surface area contributed by atoms with Crippen molar-refractivity contribution in [2.24, 2.45) is 0 Å². The Bertz CT molecular complexity index is 587. The van der Waals surface area contributed by atoms with Gasteiger partial charge in [-0.3, -0.25) is 0 Å². The second-order valence-corrected chi connectivity index (χ2v) is 6.67. The monoisotopic (exact) mass is 304 g/mol. The Balaban J connectivity index is 2.35. The molecule has 0 amide bonds. The second-order valence-electron chi connectivity index (χ2n) is 5.43. The largest absolute Gasteiger partial charge is 0.383 e. The minimum Gasteiger partial charge on any atom is -0.383 e. The van der Waals surface area contributed by atoms with Crippen LogP contribution in [-0.4, -0.2) is 25.2 Å². The fourth-order valence-corrected chi connectivity index (χ4v) is 3.42. The third-order valence-electron chi connectivity index (χ3n) is 3.68. The maximum Gasteiger partial charge on any atom is 0.115 e. The molecule has 4 heteroatoms. The van der Waals surface area contributed by atoms with E-state index in [0.29, 0.717) is 6.61 Å². The van der Waals surface area contributed by atoms with Crippen LogP contribution in [-0.2, 0) is 4.74 Å². The van der Waals surface area contributed by atoms with Gasteiger partial charge in [-0.25, -0.2) is 4.98 Å². The van der Waals surface area contributed by atoms with E-state index in [0.717, 1.165) is 17.2 Å². The number of thiazole rings is 1. The third-order valence-corrected chi connectivity index (χ3v) is 4.82. The molecule has 0 aliphatic heterocycles. The molecule has 0 spiro atoms. The first-order valence-corrected chi connectivity index (χ1v) is 8.08. The van der Waals surface area contributed by atoms with Crippen molar-refractivity contribution in [2.75, 3.05) is 20.3 Å². The lowest BCUT2D eigenvalue weighted by Gasteiger charge is -2.19. The van der Waals surface area contributed by atoms with E-state index in [4.69, 9.17) is 9.72 Å². The van der Waals surface area contributed by atoms with E-state index in [-0.39, 0.29) is 6.04 Å². The highest BCUT2D eigenvalue weighted by Gasteiger charge is 2.19. The molecule has 0 saturated carbocycles. The van der Waals surface area contributed by atoms with Gasteiger partial charge in [-0.1, -0.05) is 23.8 Å². The highest BCUT2D eigenvalue weighted by Crippen LogP contribution is 2.30. The van der Waals surface area contributed by atoms with E-state index in [9.17, 15) is 0 Å². The summed E-state index contributed by atoms with van der Waals surface area (Å²) in [5.41, 5.74) is 5.01. The fraction of sp³-hybridized carbons (Fsp3) is 0.471. The highest BCUT2D eigenvalue weighted by molar-refractivity contribution is 7.11. The van der Waals surface area contributed by atoms with Gasteiger partial charge in [-0.05, 0) is 38.8 Å². The van der Waals surface area contributed by atoms with Gasteiger partial charge in [0.15, 0.2) is 0 Å². The van der Waals surface area contributed by atoms with Crippen molar-refractivity contribution >= 4 is 11.3 Å². The second kappa shape index (κ2) is 7.16. The summed E-state index contributed by atoms with van der Waals surface area (Å²) in [7, 11) is 1.73. The topological polar surface area (TPSA) is 34.1 Å². The Labute approximate surface area is 131 Å². The van der Waals surface area contributed by atoms with Crippen LogP contribution in [0.15, 0.2) is 18.2 Å². The molecule has 0 aliphatic rings. The molecule has 1 heterocycles. The number of hydrogen-bond donors (Lipinski definition) is 1. The molecule has 2 rings (SSSR count). The van der Waals surface area contributed by atoms with E-state index >= 15 is 0 Å². The quantitative estimate of drug-likeness (QED) is 0.826. The third kappa shape index (κ3) is 3.90. The zero-order valence-corrected chi connectivity index (χ0v) is 14.3. The summed E-state index contributed by atoms with van der Waals surface area (Å²) in [6.07, 6.45) is 0. The number of ether oxygens (including phenoxy) is 1. The Hall–Kier alpha value is -1.23. The molecule has 0 fully saturated rings. The number of aromatic nitrogens is 1. The maximum atomic E-state index is 5.16. The predicted molar refractivity (Wildman–Crippen MR) is 89.2 cm³/mol. The molecule has 1 unspecified atom stereocenters. The van der Waals surface area contributed by atoms with Crippen molar-refractivity contribution in [3.05, 3.63) is 50.5 Å².